The van der Waals surface area contributed by atoms with Crippen molar-refractivity contribution in [2.24, 2.45) is 28.6 Å². The van der Waals surface area contributed by atoms with Crippen LogP contribution in [0.15, 0.2) is 35.8 Å². The van der Waals surface area contributed by atoms with E-state index in [4.69, 9.17) is 28.9 Å². The molecule has 77 heavy (non-hydrogen) atoms. The molecule has 2 amide bonds. The van der Waals surface area contributed by atoms with E-state index in [1.807, 2.05) is 0 Å². The summed E-state index contributed by atoms with van der Waals surface area (Å²) < 4.78 is 28.0. The van der Waals surface area contributed by atoms with E-state index in [9.17, 15) is 9.59 Å². The van der Waals surface area contributed by atoms with E-state index >= 15 is 4.79 Å². The molecule has 7 fully saturated rings. The Morgan fingerprint density at radius 1 is 0.974 bits per heavy atom. The van der Waals surface area contributed by atoms with Crippen molar-refractivity contribution in [1.29, 1.82) is 0 Å². The third-order valence-corrected chi connectivity index (χ3v) is 20.4. The molecule has 3 saturated carbocycles. The molecule has 15 nitrogen and oxygen atoms in total. The number of esters is 1. The van der Waals surface area contributed by atoms with Crippen LogP contribution in [0, 0.1) is 28.6 Å². The number of methoxy groups -OCH3 is 1. The number of pyridine rings is 1. The van der Waals surface area contributed by atoms with Crippen LogP contribution in [-0.2, 0) is 46.3 Å². The Morgan fingerprint density at radius 2 is 1.75 bits per heavy atom. The van der Waals surface area contributed by atoms with Gasteiger partial charge in [-0.05, 0) is 151 Å². The maximum atomic E-state index is 15.3. The molecule has 6 bridgehead atoms. The molecule has 2 N–H and O–H groups in total. The van der Waals surface area contributed by atoms with Crippen molar-refractivity contribution < 1.29 is 33.3 Å². The van der Waals surface area contributed by atoms with Gasteiger partial charge >= 0.3 is 5.97 Å². The Hall–Kier alpha value is -4.29. The lowest BCUT2D eigenvalue weighted by Crippen LogP contribution is -2.67. The van der Waals surface area contributed by atoms with E-state index in [1.165, 1.54) is 37.7 Å². The molecule has 12 rings (SSSR count). The highest BCUT2D eigenvalue weighted by atomic mass is 32.1. The van der Waals surface area contributed by atoms with E-state index < -0.39 is 23.5 Å². The second-order valence-electron chi connectivity index (χ2n) is 26.2. The molecule has 8 atom stereocenters. The van der Waals surface area contributed by atoms with Gasteiger partial charge in [0, 0.05) is 97.3 Å². The van der Waals surface area contributed by atoms with Crippen molar-refractivity contribution >= 4 is 40.0 Å². The summed E-state index contributed by atoms with van der Waals surface area (Å²) in [5.41, 5.74) is 11.2. The zero-order chi connectivity index (χ0) is 53.5. The number of amides is 2. The predicted molar refractivity (Wildman–Crippen MR) is 298 cm³/mol. The topological polar surface area (TPSA) is 153 Å². The zero-order valence-electron chi connectivity index (χ0n) is 47.0. The number of carbonyl (C=O) groups excluding carboxylic acids is 3. The summed E-state index contributed by atoms with van der Waals surface area (Å²) in [5.74, 6) is -0.0132. The average molecular weight is 1070 g/mol. The van der Waals surface area contributed by atoms with Crippen molar-refractivity contribution in [3.63, 3.8) is 0 Å². The van der Waals surface area contributed by atoms with Gasteiger partial charge < -0.3 is 33.7 Å². The van der Waals surface area contributed by atoms with Crippen LogP contribution in [0.5, 0.6) is 0 Å². The number of nitrogens with zero attached hydrogens (tertiary/aromatic N) is 6. The predicted octanol–water partition coefficient (Wildman–Crippen LogP) is 9.39. The highest BCUT2D eigenvalue weighted by molar-refractivity contribution is 7.10. The summed E-state index contributed by atoms with van der Waals surface area (Å²) in [4.78, 5) is 59.9. The molecule has 0 radical (unpaired) electrons. The number of thiazole rings is 1. The average Bonchev–Trinajstić information content (AvgIpc) is 4.27. The molecular weight excluding hydrogens is 989 g/mol. The lowest BCUT2D eigenvalue weighted by molar-refractivity contribution is -0.157. The molecule has 3 aliphatic carbocycles. The van der Waals surface area contributed by atoms with E-state index in [0.717, 1.165) is 108 Å². The first kappa shape index (κ1) is 53.4. The van der Waals surface area contributed by atoms with Crippen LogP contribution in [0.4, 0.5) is 0 Å². The van der Waals surface area contributed by atoms with Crippen molar-refractivity contribution in [3.8, 4) is 22.5 Å². The number of hydrogen-bond acceptors (Lipinski definition) is 13. The number of rotatable bonds is 12. The number of hydrazine groups is 1. The summed E-state index contributed by atoms with van der Waals surface area (Å²) in [6.07, 6.45) is 13.7. The standard InChI is InChI=1S/C61H84N8O7S/c1-36-37(2)50(36)55(70)64-52-54(67-33-61(34-67)19-10-20-61)56-63-48(32-77-56)40-12-15-49-44(27-40)46(30-59(4,5)35-75-58(72)47-11-9-21-69(65-47)57(52)71)53(68(49)24-26-74-43-18-25-76-60(6,7)29-43)45-28-41(31-62-51(45)38(3)73-8)39-16-22-66(23-17-39)42-13-14-42/h12,15,27-28,31-32,36-39,42-43,47,50,52,54,65H,9-11,13-14,16-26,29-30,33-35H2,1-8H3,(H,64,70)/t36-,37+,38-,43-,47-,50?,52-,54-/m0/s1. The first-order valence-electron chi connectivity index (χ1n) is 29.4. The van der Waals surface area contributed by atoms with Crippen molar-refractivity contribution in [2.75, 3.05) is 59.7 Å². The van der Waals surface area contributed by atoms with Crippen LogP contribution in [0.25, 0.3) is 33.4 Å². The Balaban J connectivity index is 1.00. The van der Waals surface area contributed by atoms with E-state index in [-0.39, 0.29) is 65.4 Å². The molecule has 4 saturated heterocycles. The third-order valence-electron chi connectivity index (χ3n) is 19.4. The summed E-state index contributed by atoms with van der Waals surface area (Å²) in [7, 11) is 1.76. The Morgan fingerprint density at radius 3 is 2.45 bits per heavy atom. The number of nitrogens with one attached hydrogen (secondary N) is 2. The molecule has 416 valence electrons. The van der Waals surface area contributed by atoms with Gasteiger partial charge in [-0.15, -0.1) is 11.3 Å². The lowest BCUT2D eigenvalue weighted by atomic mass is 9.63. The van der Waals surface area contributed by atoms with Gasteiger partial charge in [-0.25, -0.2) is 10.4 Å². The smallest absolute Gasteiger partial charge is 0.324 e. The van der Waals surface area contributed by atoms with Crippen LogP contribution in [0.3, 0.4) is 0 Å². The van der Waals surface area contributed by atoms with Crippen molar-refractivity contribution in [3.05, 3.63) is 57.7 Å². The summed E-state index contributed by atoms with van der Waals surface area (Å²) in [6.45, 7) is 21.3. The Labute approximate surface area is 459 Å². The Kier molecular flexibility index (Phi) is 14.5. The number of ether oxygens (including phenoxy) is 4. The molecule has 16 heteroatoms. The number of likely N-dealkylation sites (tertiary alicyclic amines) is 2. The number of piperidine rings is 1. The van der Waals surface area contributed by atoms with Gasteiger partial charge in [0.1, 0.15) is 17.1 Å². The molecular formula is C61H84N8O7S. The molecule has 8 heterocycles. The van der Waals surface area contributed by atoms with Gasteiger partial charge in [0.2, 0.25) is 5.91 Å². The van der Waals surface area contributed by atoms with Gasteiger partial charge in [-0.3, -0.25) is 29.3 Å². The molecule has 5 aliphatic heterocycles. The number of cyclic esters (lactones) is 1. The van der Waals surface area contributed by atoms with Crippen LogP contribution in [0.2, 0.25) is 0 Å². The number of aromatic nitrogens is 3. The van der Waals surface area contributed by atoms with Crippen LogP contribution in [-0.4, -0.2) is 137 Å². The normalized spacial score (nSPS) is 30.1. The quantitative estimate of drug-likeness (QED) is 0.130. The van der Waals surface area contributed by atoms with Gasteiger partial charge in [0.15, 0.2) is 0 Å². The van der Waals surface area contributed by atoms with Gasteiger partial charge in [0.05, 0.1) is 54.1 Å². The molecule has 1 spiro atoms. The van der Waals surface area contributed by atoms with Gasteiger partial charge in [0.25, 0.3) is 5.91 Å². The highest BCUT2D eigenvalue weighted by Crippen LogP contribution is 2.53. The zero-order valence-corrected chi connectivity index (χ0v) is 47.9. The molecule has 8 aliphatic rings. The molecule has 4 aromatic rings. The monoisotopic (exact) mass is 1070 g/mol. The first-order valence-corrected chi connectivity index (χ1v) is 30.3. The van der Waals surface area contributed by atoms with Gasteiger partial charge in [-0.2, -0.15) is 0 Å². The minimum atomic E-state index is -0.919. The Bertz CT molecular complexity index is 2850. The van der Waals surface area contributed by atoms with Crippen LogP contribution >= 0.6 is 11.3 Å². The number of hydrogen-bond donors (Lipinski definition) is 2. The lowest BCUT2D eigenvalue weighted by Gasteiger charge is -2.58. The molecule has 3 aromatic heterocycles. The second-order valence-corrected chi connectivity index (χ2v) is 27.1. The number of benzene rings is 1. The van der Waals surface area contributed by atoms with E-state index in [1.54, 1.807) is 23.5 Å². The maximum Gasteiger partial charge on any atom is 0.324 e. The SMILES string of the molecule is CO[C@@H](C)c1ncc(C2CCN(C3CC3)CC2)cc1-c1c2c3cc(ccc3n1CCO[C@H]1CCOC(C)(C)C1)-c1csc(n1)[C@@H](N1CC3(CCC3)C1)[C@H](NC(=O)C1[C@@H](C)[C@H]1C)C(=O)N1CCC[C@H](N1)C(=O)OCC(C)(C)C2. The molecule has 1 unspecified atom stereocenters. The van der Waals surface area contributed by atoms with E-state index in [2.05, 4.69) is 109 Å². The fourth-order valence-electron chi connectivity index (χ4n) is 14.2. The highest BCUT2D eigenvalue weighted by Gasteiger charge is 2.55. The first-order chi connectivity index (χ1) is 37.0. The summed E-state index contributed by atoms with van der Waals surface area (Å²) in [5, 5.41) is 8.97. The summed E-state index contributed by atoms with van der Waals surface area (Å²) in [6, 6.07) is 7.80. The fourth-order valence-corrected chi connectivity index (χ4v) is 15.2. The number of carbonyl (C=O) groups is 3. The van der Waals surface area contributed by atoms with Crippen molar-refractivity contribution in [2.45, 2.75) is 180 Å². The maximum absolute atomic E-state index is 15.3. The minimum Gasteiger partial charge on any atom is -0.464 e. The van der Waals surface area contributed by atoms with Gasteiger partial charge in [-0.1, -0.05) is 40.2 Å². The van der Waals surface area contributed by atoms with Crippen LogP contribution < -0.4 is 10.7 Å². The third kappa shape index (κ3) is 10.7. The summed E-state index contributed by atoms with van der Waals surface area (Å²) >= 11 is 1.57. The molecule has 1 aromatic carbocycles. The second kappa shape index (κ2) is 21.0. The van der Waals surface area contributed by atoms with E-state index in [0.29, 0.717) is 51.5 Å². The fraction of sp³-hybridized carbons (Fsp3) is 0.689. The van der Waals surface area contributed by atoms with Crippen molar-refractivity contribution in [1.82, 2.24) is 40.1 Å². The minimum absolute atomic E-state index is 0.0864. The largest absolute Gasteiger partial charge is 0.464 e. The number of fused-ring (bicyclic) bond motifs is 6. The van der Waals surface area contributed by atoms with Crippen LogP contribution in [0.1, 0.15) is 159 Å².